The molecule has 2 aliphatic heterocycles. The fraction of sp³-hybridized carbons (Fsp3) is 0.556. The largest absolute Gasteiger partial charge is 0.508 e. The lowest BCUT2D eigenvalue weighted by Crippen LogP contribution is -2.63. The van der Waals surface area contributed by atoms with Crippen LogP contribution in [-0.4, -0.2) is 150 Å². The number of aliphatic hydroxyl groups excluding tert-OH is 8. The summed E-state index contributed by atoms with van der Waals surface area (Å²) < 4.78 is 33.6. The number of ether oxygens (including phenoxy) is 6. The van der Waals surface area contributed by atoms with Crippen molar-refractivity contribution in [3.05, 3.63) is 90.6 Å². The number of carbonyl (C=O) groups is 2. The summed E-state index contributed by atoms with van der Waals surface area (Å²) in [5, 5.41) is 104. The van der Waals surface area contributed by atoms with Gasteiger partial charge in [-0.2, -0.15) is 0 Å². The van der Waals surface area contributed by atoms with E-state index in [-0.39, 0.29) is 12.0 Å². The Balaban J connectivity index is 1.73. The summed E-state index contributed by atoms with van der Waals surface area (Å²) in [6.07, 6.45) is 5.97. The minimum Gasteiger partial charge on any atom is -0.508 e. The minimum atomic E-state index is -1.98. The van der Waals surface area contributed by atoms with Gasteiger partial charge in [-0.3, -0.25) is 0 Å². The summed E-state index contributed by atoms with van der Waals surface area (Å²) in [5.74, 6) is -3.38. The SMILES string of the molecule is CCCCCC=CC=CC(O)CC=CC=CC(=O)OC1C(O)C(Oc2c(O)cc(O)cc2CO)OC(CO)C1OC1OC(C(O)COC(=O)C=CC=CCCC(O)CC)C(O)C1O. The molecular weight excluding hydrogens is 828 g/mol. The highest BCUT2D eigenvalue weighted by Crippen LogP contribution is 2.38. The van der Waals surface area contributed by atoms with Gasteiger partial charge in [-0.05, 0) is 44.6 Å². The van der Waals surface area contributed by atoms with Crippen molar-refractivity contribution in [2.45, 2.75) is 145 Å². The molecule has 18 nitrogen and oxygen atoms in total. The predicted octanol–water partition coefficient (Wildman–Crippen LogP) is 1.91. The Morgan fingerprint density at radius 2 is 1.49 bits per heavy atom. The van der Waals surface area contributed by atoms with Crippen LogP contribution in [0.3, 0.4) is 0 Å². The van der Waals surface area contributed by atoms with E-state index in [0.717, 1.165) is 50.0 Å². The first-order valence-corrected chi connectivity index (χ1v) is 21.1. The molecule has 0 bridgehead atoms. The van der Waals surface area contributed by atoms with Gasteiger partial charge in [0.15, 0.2) is 30.0 Å². The van der Waals surface area contributed by atoms with Crippen LogP contribution >= 0.6 is 0 Å². The molecule has 18 heteroatoms. The molecule has 0 amide bonds. The summed E-state index contributed by atoms with van der Waals surface area (Å²) >= 11 is 0. The maximum absolute atomic E-state index is 13.2. The van der Waals surface area contributed by atoms with Gasteiger partial charge in [0.1, 0.15) is 49.0 Å². The molecule has 1 aromatic rings. The molecule has 2 fully saturated rings. The molecular formula is C45H64O18. The summed E-state index contributed by atoms with van der Waals surface area (Å²) in [5.41, 5.74) is -0.121. The third kappa shape index (κ3) is 17.6. The van der Waals surface area contributed by atoms with Crippen LogP contribution in [0.2, 0.25) is 0 Å². The first kappa shape index (κ1) is 52.9. The number of aromatic hydroxyl groups is 2. The van der Waals surface area contributed by atoms with Gasteiger partial charge in [0.05, 0.1) is 25.4 Å². The topological polar surface area (TPSA) is 292 Å². The number of benzene rings is 1. The van der Waals surface area contributed by atoms with Crippen LogP contribution in [0.1, 0.15) is 70.8 Å². The number of esters is 2. The van der Waals surface area contributed by atoms with E-state index in [1.807, 2.05) is 19.1 Å². The second kappa shape index (κ2) is 28.4. The van der Waals surface area contributed by atoms with Gasteiger partial charge in [0.25, 0.3) is 0 Å². The lowest BCUT2D eigenvalue weighted by molar-refractivity contribution is -0.317. The number of allylic oxidation sites excluding steroid dienone is 8. The van der Waals surface area contributed by atoms with Gasteiger partial charge < -0.3 is 79.5 Å². The van der Waals surface area contributed by atoms with Crippen molar-refractivity contribution in [2.24, 2.45) is 0 Å². The fourth-order valence-corrected chi connectivity index (χ4v) is 6.39. The van der Waals surface area contributed by atoms with Crippen molar-refractivity contribution < 1.29 is 89.1 Å². The Hall–Kier alpha value is -4.44. The van der Waals surface area contributed by atoms with Gasteiger partial charge in [-0.15, -0.1) is 0 Å². The third-order valence-electron chi connectivity index (χ3n) is 9.93. The van der Waals surface area contributed by atoms with E-state index in [1.54, 1.807) is 30.4 Å². The second-order valence-corrected chi connectivity index (χ2v) is 14.9. The molecule has 2 saturated heterocycles. The van der Waals surface area contributed by atoms with Crippen molar-refractivity contribution in [2.75, 3.05) is 13.2 Å². The van der Waals surface area contributed by atoms with Crippen LogP contribution in [0.15, 0.2) is 85.0 Å². The fourth-order valence-electron chi connectivity index (χ4n) is 6.39. The highest BCUT2D eigenvalue weighted by molar-refractivity contribution is 5.82. The zero-order chi connectivity index (χ0) is 46.3. The number of phenolic OH excluding ortho intramolecular Hbond substituents is 2. The van der Waals surface area contributed by atoms with E-state index >= 15 is 0 Å². The number of carbonyl (C=O) groups excluding carboxylic acids is 2. The van der Waals surface area contributed by atoms with Gasteiger partial charge >= 0.3 is 11.9 Å². The van der Waals surface area contributed by atoms with Crippen molar-refractivity contribution in [3.8, 4) is 17.2 Å². The van der Waals surface area contributed by atoms with Crippen LogP contribution in [0, 0.1) is 0 Å². The first-order valence-electron chi connectivity index (χ1n) is 21.1. The van der Waals surface area contributed by atoms with E-state index in [4.69, 9.17) is 28.4 Å². The van der Waals surface area contributed by atoms with Crippen LogP contribution < -0.4 is 4.74 Å². The molecule has 12 unspecified atom stereocenters. The Bertz CT molecular complexity index is 1710. The molecule has 0 radical (unpaired) electrons. The molecule has 2 heterocycles. The molecule has 0 saturated carbocycles. The normalized spacial score (nSPS) is 27.0. The molecule has 3 rings (SSSR count). The zero-order valence-corrected chi connectivity index (χ0v) is 35.5. The van der Waals surface area contributed by atoms with Crippen molar-refractivity contribution in [1.82, 2.24) is 0 Å². The Kier molecular flexibility index (Phi) is 23.8. The molecule has 1 aromatic carbocycles. The van der Waals surface area contributed by atoms with Gasteiger partial charge in [0, 0.05) is 23.8 Å². The van der Waals surface area contributed by atoms with Crippen molar-refractivity contribution in [3.63, 3.8) is 0 Å². The minimum absolute atomic E-state index is 0.121. The Labute approximate surface area is 366 Å². The quantitative estimate of drug-likeness (QED) is 0.0275. The number of rotatable bonds is 26. The smallest absolute Gasteiger partial charge is 0.331 e. The number of unbranched alkanes of at least 4 members (excludes halogenated alkanes) is 3. The molecule has 12 atom stereocenters. The zero-order valence-electron chi connectivity index (χ0n) is 35.5. The summed E-state index contributed by atoms with van der Waals surface area (Å²) in [6.45, 7) is 1.69. The van der Waals surface area contributed by atoms with E-state index in [2.05, 4.69) is 6.92 Å². The monoisotopic (exact) mass is 892 g/mol. The summed E-state index contributed by atoms with van der Waals surface area (Å²) in [4.78, 5) is 25.4. The van der Waals surface area contributed by atoms with Gasteiger partial charge in [-0.25, -0.2) is 9.59 Å². The van der Waals surface area contributed by atoms with E-state index in [9.17, 15) is 60.7 Å². The number of phenols is 2. The average Bonchev–Trinajstić information content (AvgIpc) is 3.54. The Morgan fingerprint density at radius 1 is 0.794 bits per heavy atom. The molecule has 0 aliphatic carbocycles. The molecule has 352 valence electrons. The molecule has 10 N–H and O–H groups in total. The number of aliphatic hydroxyl groups is 8. The van der Waals surface area contributed by atoms with Gasteiger partial charge in [0.2, 0.25) is 6.29 Å². The predicted molar refractivity (Wildman–Crippen MR) is 226 cm³/mol. The maximum Gasteiger partial charge on any atom is 0.331 e. The molecule has 0 spiro atoms. The van der Waals surface area contributed by atoms with Crippen molar-refractivity contribution >= 4 is 11.9 Å². The van der Waals surface area contributed by atoms with Crippen LogP contribution in [-0.2, 0) is 39.9 Å². The van der Waals surface area contributed by atoms with E-state index in [1.165, 1.54) is 18.2 Å². The molecule has 63 heavy (non-hydrogen) atoms. The maximum atomic E-state index is 13.2. The second-order valence-electron chi connectivity index (χ2n) is 14.9. The number of hydrogen-bond donors (Lipinski definition) is 10. The average molecular weight is 893 g/mol. The van der Waals surface area contributed by atoms with Crippen molar-refractivity contribution in [1.29, 1.82) is 0 Å². The summed E-state index contributed by atoms with van der Waals surface area (Å²) in [7, 11) is 0. The molecule has 0 aromatic heterocycles. The highest BCUT2D eigenvalue weighted by Gasteiger charge is 2.54. The standard InChI is InChI=1S/C45H64O18/c1-3-5-6-7-8-9-14-19-30(49)20-15-12-17-22-36(54)60-43-39(57)45(61-40-28(25-46)23-31(50)24-32(40)51)59-34(26-47)42(43)63-44-38(56)37(55)41(62-44)33(52)27-58-35(53)21-16-11-10-13-18-29(48)4-2/h8-12,14-17,19,21-24,29-30,33-34,37-39,41-52,55-57H,3-7,13,18,20,25-27H2,1-2H3. The number of hydrogen-bond acceptors (Lipinski definition) is 18. The van der Waals surface area contributed by atoms with Crippen LogP contribution in [0.4, 0.5) is 0 Å². The van der Waals surface area contributed by atoms with Gasteiger partial charge in [-0.1, -0.05) is 87.4 Å². The van der Waals surface area contributed by atoms with Crippen LogP contribution in [0.5, 0.6) is 17.2 Å². The first-order chi connectivity index (χ1) is 30.2. The summed E-state index contributed by atoms with van der Waals surface area (Å²) in [6, 6.07) is 1.97. The van der Waals surface area contributed by atoms with Crippen LogP contribution in [0.25, 0.3) is 0 Å². The van der Waals surface area contributed by atoms with E-state index in [0.29, 0.717) is 19.3 Å². The third-order valence-corrected chi connectivity index (χ3v) is 9.93. The lowest BCUT2D eigenvalue weighted by atomic mass is 9.98. The van der Waals surface area contributed by atoms with E-state index < -0.39 is 123 Å². The lowest BCUT2D eigenvalue weighted by Gasteiger charge is -2.44. The Morgan fingerprint density at radius 3 is 2.19 bits per heavy atom. The molecule has 2 aliphatic rings. The highest BCUT2D eigenvalue weighted by atomic mass is 16.8.